The van der Waals surface area contributed by atoms with Crippen molar-refractivity contribution in [2.24, 2.45) is 0 Å². The van der Waals surface area contributed by atoms with E-state index in [2.05, 4.69) is 94.5 Å². The molecule has 0 amide bonds. The Bertz CT molecular complexity index is 1120. The lowest BCUT2D eigenvalue weighted by Crippen LogP contribution is -2.50. The molecule has 2 aromatic carbocycles. The summed E-state index contributed by atoms with van der Waals surface area (Å²) in [6, 6.07) is 6.68. The van der Waals surface area contributed by atoms with Gasteiger partial charge in [0.05, 0.1) is 5.56 Å². The second-order valence-electron chi connectivity index (χ2n) is 12.5. The van der Waals surface area contributed by atoms with Gasteiger partial charge in [-0.1, -0.05) is 95.1 Å². The topological polar surface area (TPSA) is 58.9 Å². The smallest absolute Gasteiger partial charge is 0.543 e. The third kappa shape index (κ3) is 6.17. The highest BCUT2D eigenvalue weighted by Crippen LogP contribution is 2.45. The van der Waals surface area contributed by atoms with Gasteiger partial charge in [0.25, 0.3) is 8.32 Å². The Morgan fingerprint density at radius 2 is 1.26 bits per heavy atom. The fourth-order valence-corrected chi connectivity index (χ4v) is 17.4. The van der Waals surface area contributed by atoms with Crippen LogP contribution in [-0.2, 0) is 0 Å². The van der Waals surface area contributed by atoms with E-state index in [0.29, 0.717) is 49.8 Å². The Hall–Kier alpha value is -1.79. The highest BCUT2D eigenvalue weighted by atomic mass is 28.4. The lowest BCUT2D eigenvalue weighted by molar-refractivity contribution is 0.289. The second-order valence-corrected chi connectivity index (χ2v) is 23.4. The van der Waals surface area contributed by atoms with Gasteiger partial charge in [0.2, 0.25) is 0 Å². The summed E-state index contributed by atoms with van der Waals surface area (Å²) in [4.78, 5) is 0. The summed E-state index contributed by atoms with van der Waals surface area (Å²) in [5, 5.41) is 20.7. The van der Waals surface area contributed by atoms with E-state index >= 15 is 4.39 Å². The van der Waals surface area contributed by atoms with Crippen molar-refractivity contribution in [2.75, 3.05) is 0 Å². The van der Waals surface area contributed by atoms with Crippen LogP contribution in [0.5, 0.6) is 11.5 Å². The van der Waals surface area contributed by atoms with Crippen LogP contribution in [0, 0.1) is 17.3 Å². The minimum Gasteiger partial charge on any atom is -0.543 e. The van der Waals surface area contributed by atoms with Gasteiger partial charge in [0.1, 0.15) is 25.4 Å². The zero-order valence-corrected chi connectivity index (χ0v) is 27.4. The Kier molecular flexibility index (Phi) is 10.7. The first-order valence-electron chi connectivity index (χ1n) is 14.0. The van der Waals surface area contributed by atoms with Crippen LogP contribution >= 0.6 is 0 Å². The monoisotopic (exact) mass is 558 g/mol. The highest BCUT2D eigenvalue weighted by molar-refractivity contribution is 6.90. The summed E-state index contributed by atoms with van der Waals surface area (Å²) >= 11 is 0. The molecule has 2 N–H and O–H groups in total. The van der Waals surface area contributed by atoms with Gasteiger partial charge in [0.15, 0.2) is 0 Å². The van der Waals surface area contributed by atoms with Gasteiger partial charge >= 0.3 is 7.32 Å². The molecule has 0 aliphatic heterocycles. The van der Waals surface area contributed by atoms with Crippen molar-refractivity contribution in [3.05, 3.63) is 35.6 Å². The number of fused-ring (bicyclic) bond motifs is 1. The Morgan fingerprint density at radius 1 is 0.763 bits per heavy atom. The quantitative estimate of drug-likeness (QED) is 0.227. The maximum atomic E-state index is 15.4. The number of rotatable bonds is 10. The van der Waals surface area contributed by atoms with Crippen LogP contribution in [-0.4, -0.2) is 33.8 Å². The van der Waals surface area contributed by atoms with Crippen LogP contribution in [0.1, 0.15) is 88.6 Å². The van der Waals surface area contributed by atoms with E-state index in [1.807, 2.05) is 6.07 Å². The normalized spacial score (nSPS) is 12.8. The predicted molar refractivity (Wildman–Crippen MR) is 164 cm³/mol. The molecule has 0 fully saturated rings. The molecule has 0 heterocycles. The van der Waals surface area contributed by atoms with Crippen molar-refractivity contribution in [1.82, 2.24) is 0 Å². The fourth-order valence-electron chi connectivity index (χ4n) is 6.92. The van der Waals surface area contributed by atoms with Crippen LogP contribution in [0.15, 0.2) is 24.3 Å². The van der Waals surface area contributed by atoms with Crippen LogP contribution in [0.4, 0.5) is 4.39 Å². The van der Waals surface area contributed by atoms with Crippen molar-refractivity contribution in [2.45, 2.75) is 116 Å². The van der Waals surface area contributed by atoms with Gasteiger partial charge in [0, 0.05) is 11.5 Å². The Morgan fingerprint density at radius 3 is 1.68 bits per heavy atom. The van der Waals surface area contributed by atoms with Crippen molar-refractivity contribution in [3.8, 4) is 23.0 Å². The van der Waals surface area contributed by atoms with Gasteiger partial charge in [-0.05, 0) is 50.8 Å². The van der Waals surface area contributed by atoms with Crippen LogP contribution in [0.25, 0.3) is 10.8 Å². The molecule has 2 rings (SSSR count). The molecule has 0 atom stereocenters. The molecule has 0 unspecified atom stereocenters. The average molecular weight is 559 g/mol. The SMILES string of the molecule is CC(C)[Si](C#Cc1c(F)ccc2cc(O[Si](C(C)C)(C(C)C)C(C)C)cc(OB(O)O)c12)(C(C)C)C(C)C. The third-order valence-corrected chi connectivity index (χ3v) is 20.8. The molecular formula is C30H48BFO4Si2. The summed E-state index contributed by atoms with van der Waals surface area (Å²) in [7, 11) is -6.50. The molecule has 0 saturated carbocycles. The Balaban J connectivity index is 2.88. The molecule has 2 aromatic rings. The highest BCUT2D eigenvalue weighted by Gasteiger charge is 2.47. The molecule has 0 spiro atoms. The van der Waals surface area contributed by atoms with Crippen molar-refractivity contribution in [3.63, 3.8) is 0 Å². The van der Waals surface area contributed by atoms with E-state index in [9.17, 15) is 10.0 Å². The lowest BCUT2D eigenvalue weighted by atomic mass is 10.0. The second kappa shape index (κ2) is 12.6. The summed E-state index contributed by atoms with van der Waals surface area (Å²) < 4.78 is 27.7. The summed E-state index contributed by atoms with van der Waals surface area (Å²) in [5.74, 6) is 3.53. The molecule has 0 saturated heterocycles. The average Bonchev–Trinajstić information content (AvgIpc) is 2.77. The first-order valence-corrected chi connectivity index (χ1v) is 18.4. The minimum absolute atomic E-state index is 0.154. The van der Waals surface area contributed by atoms with Gasteiger partial charge in [-0.2, -0.15) is 0 Å². The third-order valence-electron chi connectivity index (χ3n) is 8.51. The van der Waals surface area contributed by atoms with Gasteiger partial charge in [-0.15, -0.1) is 5.54 Å². The number of halogens is 1. The minimum atomic E-state index is -2.30. The standard InChI is InChI=1S/C30H48BFO4Si2/c1-19(2)37(20(3)4,21(5)6)16-15-27-28(32)14-13-25-17-26(18-29(30(25)27)35-31(33)34)36-38(22(7)8,23(9)10)24(11)12/h13-14,17-24,33-34H,1-12H3. The number of hydrogen-bond donors (Lipinski definition) is 2. The maximum Gasteiger partial charge on any atom is 0.707 e. The summed E-state index contributed by atoms with van der Waals surface area (Å²) in [5.41, 5.74) is 6.05. The van der Waals surface area contributed by atoms with E-state index < -0.39 is 29.5 Å². The van der Waals surface area contributed by atoms with Gasteiger partial charge < -0.3 is 19.1 Å². The van der Waals surface area contributed by atoms with E-state index in [1.165, 1.54) is 6.07 Å². The molecule has 0 aliphatic rings. The van der Waals surface area contributed by atoms with Crippen molar-refractivity contribution >= 4 is 34.5 Å². The first-order chi connectivity index (χ1) is 17.5. The van der Waals surface area contributed by atoms with Crippen LogP contribution < -0.4 is 9.08 Å². The van der Waals surface area contributed by atoms with E-state index in [1.54, 1.807) is 12.1 Å². The lowest BCUT2D eigenvalue weighted by Gasteiger charge is -2.42. The molecule has 4 nitrogen and oxygen atoms in total. The molecule has 38 heavy (non-hydrogen) atoms. The maximum absolute atomic E-state index is 15.4. The molecule has 0 bridgehead atoms. The zero-order valence-electron chi connectivity index (χ0n) is 25.4. The Labute approximate surface area is 232 Å². The first kappa shape index (κ1) is 32.4. The fraction of sp³-hybridized carbons (Fsp3) is 0.600. The zero-order chi connectivity index (χ0) is 29.2. The largest absolute Gasteiger partial charge is 0.707 e. The molecule has 8 heteroatoms. The molecular weight excluding hydrogens is 510 g/mol. The molecule has 0 radical (unpaired) electrons. The van der Waals surface area contributed by atoms with Crippen molar-refractivity contribution < 1.29 is 23.5 Å². The van der Waals surface area contributed by atoms with Crippen molar-refractivity contribution in [1.29, 1.82) is 0 Å². The molecule has 0 aliphatic carbocycles. The van der Waals surface area contributed by atoms with Crippen LogP contribution in [0.3, 0.4) is 0 Å². The number of benzene rings is 2. The van der Waals surface area contributed by atoms with Gasteiger partial charge in [-0.25, -0.2) is 4.39 Å². The summed E-state index contributed by atoms with van der Waals surface area (Å²) in [6.45, 7) is 26.6. The van der Waals surface area contributed by atoms with E-state index in [-0.39, 0.29) is 11.3 Å². The molecule has 0 aromatic heterocycles. The predicted octanol–water partition coefficient (Wildman–Crippen LogP) is 8.45. The summed E-state index contributed by atoms with van der Waals surface area (Å²) in [6.07, 6.45) is 0. The number of hydrogen-bond acceptors (Lipinski definition) is 4. The van der Waals surface area contributed by atoms with E-state index in [0.717, 1.165) is 0 Å². The van der Waals surface area contributed by atoms with E-state index in [4.69, 9.17) is 9.08 Å². The van der Waals surface area contributed by atoms with Crippen LogP contribution in [0.2, 0.25) is 33.2 Å². The van der Waals surface area contributed by atoms with Gasteiger partial charge in [-0.3, -0.25) is 0 Å². The molecule has 210 valence electrons.